The average Bonchev–Trinajstić information content (AvgIpc) is 2.67. The van der Waals surface area contributed by atoms with Crippen LogP contribution in [0, 0.1) is 5.92 Å². The smallest absolute Gasteiger partial charge is 0.232 e. The molecule has 1 N–H and O–H groups in total. The summed E-state index contributed by atoms with van der Waals surface area (Å²) in [6.45, 7) is 4.03. The highest BCUT2D eigenvalue weighted by Gasteiger charge is 2.43. The van der Waals surface area contributed by atoms with Crippen molar-refractivity contribution in [3.8, 4) is 5.75 Å². The zero-order valence-corrected chi connectivity index (χ0v) is 15.5. The van der Waals surface area contributed by atoms with Gasteiger partial charge in [-0.05, 0) is 37.5 Å². The monoisotopic (exact) mass is 368 g/mol. The number of carbonyl (C=O) groups excluding carboxylic acids is 2. The first-order valence-electron chi connectivity index (χ1n) is 9.53. The van der Waals surface area contributed by atoms with Crippen molar-refractivity contribution in [2.45, 2.75) is 32.1 Å². The van der Waals surface area contributed by atoms with Crippen LogP contribution in [0.4, 0.5) is 0 Å². The van der Waals surface area contributed by atoms with Crippen molar-refractivity contribution < 1.29 is 19.4 Å². The van der Waals surface area contributed by atoms with E-state index in [9.17, 15) is 14.7 Å². The van der Waals surface area contributed by atoms with Crippen molar-refractivity contribution in [2.75, 3.05) is 26.3 Å². The number of Topliss-reactive ketones (excluding diaryl/α,β-unsaturated/α-hetero) is 1. The first-order valence-corrected chi connectivity index (χ1v) is 9.53. The topological polar surface area (TPSA) is 79.2 Å². The van der Waals surface area contributed by atoms with Gasteiger partial charge in [0.1, 0.15) is 5.75 Å². The normalized spacial score (nSPS) is 25.9. The molecule has 2 aliphatic heterocycles. The summed E-state index contributed by atoms with van der Waals surface area (Å²) in [5.74, 6) is -0.729. The van der Waals surface area contributed by atoms with Crippen LogP contribution in [-0.2, 0) is 14.3 Å². The van der Waals surface area contributed by atoms with Gasteiger partial charge in [-0.15, -0.1) is 0 Å². The van der Waals surface area contributed by atoms with Crippen molar-refractivity contribution in [1.29, 1.82) is 0 Å². The summed E-state index contributed by atoms with van der Waals surface area (Å²) in [7, 11) is 0. The zero-order valence-electron chi connectivity index (χ0n) is 15.5. The lowest BCUT2D eigenvalue weighted by molar-refractivity contribution is -0.137. The molecule has 0 radical (unpaired) electrons. The van der Waals surface area contributed by atoms with E-state index in [1.807, 2.05) is 17.9 Å². The second-order valence-corrected chi connectivity index (χ2v) is 7.38. The molecule has 4 rings (SSSR count). The first-order chi connectivity index (χ1) is 13.1. The Morgan fingerprint density at radius 3 is 2.78 bits per heavy atom. The number of aliphatic imine (C=N–C) groups is 1. The molecule has 1 amide bonds. The van der Waals surface area contributed by atoms with Crippen LogP contribution in [0.3, 0.4) is 0 Å². The highest BCUT2D eigenvalue weighted by Crippen LogP contribution is 2.44. The van der Waals surface area contributed by atoms with Crippen molar-refractivity contribution in [3.63, 3.8) is 0 Å². The van der Waals surface area contributed by atoms with Crippen molar-refractivity contribution in [2.24, 2.45) is 10.9 Å². The van der Waals surface area contributed by atoms with Crippen LogP contribution >= 0.6 is 0 Å². The number of hydrogen-bond donors (Lipinski definition) is 1. The number of phenols is 1. The molecule has 2 heterocycles. The van der Waals surface area contributed by atoms with Gasteiger partial charge < -0.3 is 14.7 Å². The summed E-state index contributed by atoms with van der Waals surface area (Å²) in [5.41, 5.74) is 3.00. The molecule has 1 unspecified atom stereocenters. The Hall–Kier alpha value is -2.47. The zero-order chi connectivity index (χ0) is 19.0. The lowest BCUT2D eigenvalue weighted by Gasteiger charge is -2.38. The quantitative estimate of drug-likeness (QED) is 0.870. The minimum Gasteiger partial charge on any atom is -0.508 e. The summed E-state index contributed by atoms with van der Waals surface area (Å²) in [5, 5.41) is 10.0. The molecule has 0 spiro atoms. The molecule has 0 aromatic heterocycles. The lowest BCUT2D eigenvalue weighted by Crippen LogP contribution is -2.48. The van der Waals surface area contributed by atoms with Crippen LogP contribution in [-0.4, -0.2) is 53.7 Å². The Kier molecular flexibility index (Phi) is 4.83. The fraction of sp³-hybridized carbons (Fsp3) is 0.476. The number of morpholine rings is 1. The van der Waals surface area contributed by atoms with Crippen LogP contribution in [0.15, 0.2) is 40.5 Å². The standard InChI is InChI=1S/C21H24N2O4/c1-13-18(21(26)23-8-10-27-11-9-23)19(14-4-2-5-15(24)12-14)20-16(22-13)6-3-7-17(20)25/h2,4-5,12,18-19,24H,3,6-11H2,1H3/t18?,19-/m1/s1. The van der Waals surface area contributed by atoms with E-state index in [2.05, 4.69) is 4.99 Å². The van der Waals surface area contributed by atoms with Gasteiger partial charge in [0.2, 0.25) is 5.91 Å². The van der Waals surface area contributed by atoms with Gasteiger partial charge in [0.15, 0.2) is 5.78 Å². The van der Waals surface area contributed by atoms with Gasteiger partial charge in [0.05, 0.1) is 19.1 Å². The molecule has 142 valence electrons. The number of hydrogen-bond acceptors (Lipinski definition) is 5. The molecule has 1 aliphatic carbocycles. The molecule has 6 nitrogen and oxygen atoms in total. The third-order valence-electron chi connectivity index (χ3n) is 5.65. The van der Waals surface area contributed by atoms with E-state index in [0.29, 0.717) is 38.3 Å². The fourth-order valence-corrected chi connectivity index (χ4v) is 4.39. The summed E-state index contributed by atoms with van der Waals surface area (Å²) in [6.07, 6.45) is 2.04. The number of carbonyl (C=O) groups is 2. The number of ether oxygens (including phenoxy) is 1. The van der Waals surface area contributed by atoms with E-state index in [1.165, 1.54) is 0 Å². The highest BCUT2D eigenvalue weighted by molar-refractivity contribution is 6.10. The van der Waals surface area contributed by atoms with Gasteiger partial charge in [-0.3, -0.25) is 14.6 Å². The van der Waals surface area contributed by atoms with Crippen LogP contribution in [0.2, 0.25) is 0 Å². The maximum Gasteiger partial charge on any atom is 0.232 e. The molecule has 0 saturated carbocycles. The van der Waals surface area contributed by atoms with Crippen molar-refractivity contribution in [3.05, 3.63) is 41.1 Å². The minimum absolute atomic E-state index is 0.0159. The molecule has 0 bridgehead atoms. The molecule has 27 heavy (non-hydrogen) atoms. The molecule has 1 saturated heterocycles. The molecule has 1 fully saturated rings. The van der Waals surface area contributed by atoms with Crippen LogP contribution in [0.5, 0.6) is 5.75 Å². The number of aromatic hydroxyl groups is 1. The van der Waals surface area contributed by atoms with E-state index in [-0.39, 0.29) is 17.4 Å². The Labute approximate surface area is 158 Å². The SMILES string of the molecule is CC1=NC2=C(C(=O)CCC2)[C@H](c2cccc(O)c2)C1C(=O)N1CCOCC1. The number of nitrogens with zero attached hydrogens (tertiary/aromatic N) is 2. The molecular weight excluding hydrogens is 344 g/mol. The van der Waals surface area contributed by atoms with Gasteiger partial charge in [-0.2, -0.15) is 0 Å². The first kappa shape index (κ1) is 17.9. The van der Waals surface area contributed by atoms with E-state index in [0.717, 1.165) is 29.8 Å². The van der Waals surface area contributed by atoms with Gasteiger partial charge >= 0.3 is 0 Å². The van der Waals surface area contributed by atoms with Crippen LogP contribution < -0.4 is 0 Å². The summed E-state index contributed by atoms with van der Waals surface area (Å²) in [6, 6.07) is 6.91. The third kappa shape index (κ3) is 3.30. The van der Waals surface area contributed by atoms with Gasteiger partial charge in [-0.25, -0.2) is 0 Å². The summed E-state index contributed by atoms with van der Waals surface area (Å²) >= 11 is 0. The maximum absolute atomic E-state index is 13.4. The largest absolute Gasteiger partial charge is 0.508 e. The van der Waals surface area contributed by atoms with Crippen molar-refractivity contribution >= 4 is 17.4 Å². The Bertz CT molecular complexity index is 836. The maximum atomic E-state index is 13.4. The Balaban J connectivity index is 1.81. The number of ketones is 1. The van der Waals surface area contributed by atoms with Gasteiger partial charge in [0.25, 0.3) is 0 Å². The second-order valence-electron chi connectivity index (χ2n) is 7.38. The second kappa shape index (κ2) is 7.27. The minimum atomic E-state index is -0.523. The molecule has 3 aliphatic rings. The van der Waals surface area contributed by atoms with Crippen LogP contribution in [0.25, 0.3) is 0 Å². The number of benzene rings is 1. The van der Waals surface area contributed by atoms with Crippen molar-refractivity contribution in [1.82, 2.24) is 4.90 Å². The summed E-state index contributed by atoms with van der Waals surface area (Å²) in [4.78, 5) is 32.7. The third-order valence-corrected chi connectivity index (χ3v) is 5.65. The predicted octanol–water partition coefficient (Wildman–Crippen LogP) is 2.43. The molecule has 6 heteroatoms. The number of rotatable bonds is 2. The predicted molar refractivity (Wildman–Crippen MR) is 101 cm³/mol. The number of amides is 1. The highest BCUT2D eigenvalue weighted by atomic mass is 16.5. The Morgan fingerprint density at radius 1 is 1.26 bits per heavy atom. The van der Waals surface area contributed by atoms with Gasteiger partial charge in [-0.1, -0.05) is 12.1 Å². The summed E-state index contributed by atoms with van der Waals surface area (Å²) < 4.78 is 5.37. The number of allylic oxidation sites excluding steroid dienone is 2. The molecule has 1 aromatic rings. The Morgan fingerprint density at radius 2 is 2.04 bits per heavy atom. The molecule has 1 aromatic carbocycles. The van der Waals surface area contributed by atoms with E-state index in [1.54, 1.807) is 18.2 Å². The lowest BCUT2D eigenvalue weighted by atomic mass is 9.71. The van der Waals surface area contributed by atoms with E-state index < -0.39 is 11.8 Å². The van der Waals surface area contributed by atoms with E-state index >= 15 is 0 Å². The molecular formula is C21H24N2O4. The average molecular weight is 368 g/mol. The van der Waals surface area contributed by atoms with E-state index in [4.69, 9.17) is 4.74 Å². The van der Waals surface area contributed by atoms with Gasteiger partial charge in [0, 0.05) is 42.4 Å². The molecule has 2 atom stereocenters. The van der Waals surface area contributed by atoms with Crippen LogP contribution in [0.1, 0.15) is 37.7 Å². The fourth-order valence-electron chi connectivity index (χ4n) is 4.39. The number of phenolic OH excluding ortho intramolecular Hbond substituents is 1.